The molecule has 0 spiro atoms. The van der Waals surface area contributed by atoms with Gasteiger partial charge in [-0.1, -0.05) is 0 Å². The van der Waals surface area contributed by atoms with E-state index < -0.39 is 0 Å². The molecular formula is C9H10BrNO3. The highest BCUT2D eigenvalue weighted by molar-refractivity contribution is 9.10. The van der Waals surface area contributed by atoms with Gasteiger partial charge in [0.15, 0.2) is 11.5 Å². The summed E-state index contributed by atoms with van der Waals surface area (Å²) in [7, 11) is 0. The molecular weight excluding hydrogens is 250 g/mol. The first-order valence-corrected chi connectivity index (χ1v) is 5.00. The van der Waals surface area contributed by atoms with Gasteiger partial charge >= 0.3 is 0 Å². The van der Waals surface area contributed by atoms with Gasteiger partial charge in [0.1, 0.15) is 0 Å². The molecule has 2 rings (SSSR count). The van der Waals surface area contributed by atoms with E-state index in [1.165, 1.54) is 0 Å². The number of halogens is 1. The Morgan fingerprint density at radius 3 is 3.07 bits per heavy atom. The summed E-state index contributed by atoms with van der Waals surface area (Å²) in [6.45, 7) is 0.775. The molecule has 76 valence electrons. The summed E-state index contributed by atoms with van der Waals surface area (Å²) in [6, 6.07) is 3.92. The average molecular weight is 260 g/mol. The number of benzene rings is 1. The minimum atomic E-state index is 0.283. The number of hydrogen-bond acceptors (Lipinski definition) is 4. The van der Waals surface area contributed by atoms with E-state index in [0.717, 1.165) is 28.0 Å². The minimum Gasteiger partial charge on any atom is -0.454 e. The van der Waals surface area contributed by atoms with Crippen molar-refractivity contribution >= 4 is 15.9 Å². The highest BCUT2D eigenvalue weighted by atomic mass is 79.9. The van der Waals surface area contributed by atoms with Crippen LogP contribution in [0.25, 0.3) is 0 Å². The van der Waals surface area contributed by atoms with Crippen LogP contribution in [0.1, 0.15) is 5.56 Å². The van der Waals surface area contributed by atoms with Gasteiger partial charge in [-0.2, -0.15) is 0 Å². The molecule has 1 aliphatic rings. The van der Waals surface area contributed by atoms with Gasteiger partial charge in [-0.15, -0.1) is 0 Å². The van der Waals surface area contributed by atoms with Crippen molar-refractivity contribution in [1.29, 1.82) is 0 Å². The van der Waals surface area contributed by atoms with Crippen molar-refractivity contribution < 1.29 is 14.3 Å². The second-order valence-corrected chi connectivity index (χ2v) is 3.79. The third kappa shape index (κ3) is 1.84. The number of rotatable bonds is 3. The van der Waals surface area contributed by atoms with Crippen LogP contribution in [0.3, 0.4) is 0 Å². The van der Waals surface area contributed by atoms with Crippen LogP contribution in [0.4, 0.5) is 0 Å². The van der Waals surface area contributed by atoms with Gasteiger partial charge in [0.2, 0.25) is 6.79 Å². The fraction of sp³-hybridized carbons (Fsp3) is 0.333. The van der Waals surface area contributed by atoms with Gasteiger partial charge in [-0.3, -0.25) is 0 Å². The summed E-state index contributed by atoms with van der Waals surface area (Å²) in [5.74, 6) is 6.50. The van der Waals surface area contributed by atoms with Gasteiger partial charge in [0, 0.05) is 0 Å². The van der Waals surface area contributed by atoms with E-state index in [1.807, 2.05) is 12.1 Å². The zero-order valence-corrected chi connectivity index (χ0v) is 9.04. The summed E-state index contributed by atoms with van der Waals surface area (Å²) in [4.78, 5) is 4.52. The highest BCUT2D eigenvalue weighted by Crippen LogP contribution is 2.39. The summed E-state index contributed by atoms with van der Waals surface area (Å²) in [6.07, 6.45) is 0.756. The number of ether oxygens (including phenoxy) is 2. The van der Waals surface area contributed by atoms with E-state index in [1.54, 1.807) is 0 Å². The predicted molar refractivity (Wildman–Crippen MR) is 54.1 cm³/mol. The first-order chi connectivity index (χ1) is 6.81. The second kappa shape index (κ2) is 4.16. The molecule has 14 heavy (non-hydrogen) atoms. The quantitative estimate of drug-likeness (QED) is 0.839. The molecule has 0 aromatic heterocycles. The lowest BCUT2D eigenvalue weighted by Crippen LogP contribution is -2.03. The molecule has 0 radical (unpaired) electrons. The molecule has 0 unspecified atom stereocenters. The van der Waals surface area contributed by atoms with Crippen molar-refractivity contribution in [1.82, 2.24) is 0 Å². The number of nitrogens with two attached hydrogens (primary N) is 1. The van der Waals surface area contributed by atoms with Crippen LogP contribution < -0.4 is 15.4 Å². The first kappa shape index (κ1) is 9.76. The SMILES string of the molecule is NOCCc1cc(Br)c2c(c1)OCO2. The van der Waals surface area contributed by atoms with E-state index >= 15 is 0 Å². The standard InChI is InChI=1S/C9H10BrNO3/c10-7-3-6(1-2-14-11)4-8-9(7)13-5-12-8/h3-4H,1-2,5,11H2. The van der Waals surface area contributed by atoms with E-state index in [-0.39, 0.29) is 6.79 Å². The van der Waals surface area contributed by atoms with Gasteiger partial charge in [-0.05, 0) is 40.0 Å². The predicted octanol–water partition coefficient (Wildman–Crippen LogP) is 1.61. The smallest absolute Gasteiger partial charge is 0.231 e. The van der Waals surface area contributed by atoms with Gasteiger partial charge < -0.3 is 14.3 Å². The van der Waals surface area contributed by atoms with Crippen LogP contribution in [0.2, 0.25) is 0 Å². The Morgan fingerprint density at radius 2 is 2.29 bits per heavy atom. The van der Waals surface area contributed by atoms with Crippen molar-refractivity contribution in [2.45, 2.75) is 6.42 Å². The normalized spacial score (nSPS) is 13.3. The number of fused-ring (bicyclic) bond motifs is 1. The molecule has 1 aromatic rings. The molecule has 2 N–H and O–H groups in total. The van der Waals surface area contributed by atoms with E-state index in [4.69, 9.17) is 15.4 Å². The Balaban J connectivity index is 2.23. The Hall–Kier alpha value is -0.780. The van der Waals surface area contributed by atoms with Crippen LogP contribution in [0.5, 0.6) is 11.5 Å². The van der Waals surface area contributed by atoms with Crippen LogP contribution in [-0.2, 0) is 11.3 Å². The molecule has 5 heteroatoms. The Bertz CT molecular complexity index is 343. The van der Waals surface area contributed by atoms with Crippen molar-refractivity contribution in [3.8, 4) is 11.5 Å². The van der Waals surface area contributed by atoms with Gasteiger partial charge in [0.25, 0.3) is 0 Å². The Labute approximate surface area is 90.0 Å². The van der Waals surface area contributed by atoms with Crippen molar-refractivity contribution in [3.05, 3.63) is 22.2 Å². The maximum Gasteiger partial charge on any atom is 0.231 e. The van der Waals surface area contributed by atoms with Crippen molar-refractivity contribution in [2.75, 3.05) is 13.4 Å². The molecule has 0 bridgehead atoms. The van der Waals surface area contributed by atoms with Crippen LogP contribution in [0.15, 0.2) is 16.6 Å². The molecule has 0 saturated carbocycles. The second-order valence-electron chi connectivity index (χ2n) is 2.93. The largest absolute Gasteiger partial charge is 0.454 e. The third-order valence-electron chi connectivity index (χ3n) is 2.00. The molecule has 0 atom stereocenters. The summed E-state index contributed by atoms with van der Waals surface area (Å²) in [5, 5.41) is 0. The van der Waals surface area contributed by atoms with Crippen LogP contribution in [0, 0.1) is 0 Å². The molecule has 4 nitrogen and oxygen atoms in total. The van der Waals surface area contributed by atoms with Crippen LogP contribution in [-0.4, -0.2) is 13.4 Å². The van der Waals surface area contributed by atoms with Gasteiger partial charge in [0.05, 0.1) is 11.1 Å². The van der Waals surface area contributed by atoms with Crippen molar-refractivity contribution in [3.63, 3.8) is 0 Å². The topological polar surface area (TPSA) is 53.7 Å². The van der Waals surface area contributed by atoms with Crippen molar-refractivity contribution in [2.24, 2.45) is 5.90 Å². The lowest BCUT2D eigenvalue weighted by molar-refractivity contribution is 0.141. The fourth-order valence-corrected chi connectivity index (χ4v) is 1.95. The molecule has 1 heterocycles. The average Bonchev–Trinajstić information content (AvgIpc) is 2.63. The summed E-state index contributed by atoms with van der Waals surface area (Å²) < 4.78 is 11.4. The van der Waals surface area contributed by atoms with E-state index in [2.05, 4.69) is 20.8 Å². The van der Waals surface area contributed by atoms with E-state index in [0.29, 0.717) is 6.61 Å². The zero-order valence-electron chi connectivity index (χ0n) is 7.46. The first-order valence-electron chi connectivity index (χ1n) is 4.21. The summed E-state index contributed by atoms with van der Waals surface area (Å²) >= 11 is 3.41. The molecule has 0 aliphatic carbocycles. The summed E-state index contributed by atoms with van der Waals surface area (Å²) in [5.41, 5.74) is 1.10. The monoisotopic (exact) mass is 259 g/mol. The lowest BCUT2D eigenvalue weighted by Gasteiger charge is -2.04. The molecule has 0 fully saturated rings. The maximum atomic E-state index is 5.28. The van der Waals surface area contributed by atoms with E-state index in [9.17, 15) is 0 Å². The Kier molecular flexibility index (Phi) is 2.90. The molecule has 1 aliphatic heterocycles. The molecule has 0 amide bonds. The fourth-order valence-electron chi connectivity index (χ4n) is 1.34. The maximum absolute atomic E-state index is 5.28. The van der Waals surface area contributed by atoms with Gasteiger partial charge in [-0.25, -0.2) is 5.90 Å². The lowest BCUT2D eigenvalue weighted by atomic mass is 10.1. The number of hydrogen-bond donors (Lipinski definition) is 1. The van der Waals surface area contributed by atoms with Crippen LogP contribution >= 0.6 is 15.9 Å². The third-order valence-corrected chi connectivity index (χ3v) is 2.58. The molecule has 1 aromatic carbocycles. The zero-order chi connectivity index (χ0) is 9.97. The minimum absolute atomic E-state index is 0.283. The molecule has 0 saturated heterocycles. The Morgan fingerprint density at radius 1 is 1.43 bits per heavy atom. The highest BCUT2D eigenvalue weighted by Gasteiger charge is 2.17.